The van der Waals surface area contributed by atoms with Gasteiger partial charge in [-0.3, -0.25) is 19.2 Å². The molecule has 4 aromatic rings. The molecule has 0 bridgehead atoms. The van der Waals surface area contributed by atoms with Gasteiger partial charge in [0.25, 0.3) is 11.8 Å². The van der Waals surface area contributed by atoms with Gasteiger partial charge in [-0.15, -0.1) is 11.8 Å². The third-order valence-corrected chi connectivity index (χ3v) is 7.47. The molecule has 4 aromatic carbocycles. The average molecular weight is 579 g/mol. The fourth-order valence-electron chi connectivity index (χ4n) is 3.93. The van der Waals surface area contributed by atoms with Crippen molar-refractivity contribution in [3.63, 3.8) is 0 Å². The van der Waals surface area contributed by atoms with Gasteiger partial charge in [-0.05, 0) is 72.7 Å². The lowest BCUT2D eigenvalue weighted by atomic mass is 10.1. The van der Waals surface area contributed by atoms with E-state index in [1.165, 1.54) is 11.8 Å². The fourth-order valence-corrected chi connectivity index (χ4v) is 4.94. The standard InChI is InChI=1S/C33H30N4O4S/c1-2-29(33(41)35-25-18-16-23(17-19-25)30(34)38)42-27-15-9-14-26(21-27)36-32(40)28(20-22-10-5-3-6-11-22)37-31(39)24-12-7-4-8-13-24/h3-21,29H,2H2,1H3,(H2,34,38)(H,35,41)(H,36,40)(H,37,39)/b28-20-. The van der Waals surface area contributed by atoms with Crippen LogP contribution in [0.1, 0.15) is 39.6 Å². The topological polar surface area (TPSA) is 130 Å². The van der Waals surface area contributed by atoms with Crippen molar-refractivity contribution in [2.24, 2.45) is 5.73 Å². The molecule has 0 saturated carbocycles. The zero-order valence-corrected chi connectivity index (χ0v) is 23.7. The molecule has 42 heavy (non-hydrogen) atoms. The Morgan fingerprint density at radius 1 is 0.762 bits per heavy atom. The first-order valence-corrected chi connectivity index (χ1v) is 14.1. The second-order valence-electron chi connectivity index (χ2n) is 9.22. The third kappa shape index (κ3) is 8.42. The van der Waals surface area contributed by atoms with Crippen LogP contribution in [0, 0.1) is 0 Å². The third-order valence-electron chi connectivity index (χ3n) is 6.11. The highest BCUT2D eigenvalue weighted by atomic mass is 32.2. The van der Waals surface area contributed by atoms with E-state index in [-0.39, 0.29) is 11.6 Å². The van der Waals surface area contributed by atoms with Crippen LogP contribution >= 0.6 is 11.8 Å². The van der Waals surface area contributed by atoms with E-state index in [1.54, 1.807) is 72.8 Å². The molecule has 0 fully saturated rings. The molecule has 212 valence electrons. The predicted molar refractivity (Wildman–Crippen MR) is 167 cm³/mol. The summed E-state index contributed by atoms with van der Waals surface area (Å²) in [5, 5.41) is 8.05. The summed E-state index contributed by atoms with van der Waals surface area (Å²) >= 11 is 1.36. The second-order valence-corrected chi connectivity index (χ2v) is 10.5. The number of hydrogen-bond donors (Lipinski definition) is 4. The van der Waals surface area contributed by atoms with Crippen LogP contribution in [0.15, 0.2) is 120 Å². The molecule has 8 nitrogen and oxygen atoms in total. The molecule has 1 atom stereocenters. The molecule has 5 N–H and O–H groups in total. The number of thioether (sulfide) groups is 1. The number of rotatable bonds is 11. The minimum Gasteiger partial charge on any atom is -0.366 e. The summed E-state index contributed by atoms with van der Waals surface area (Å²) in [5.74, 6) is -1.63. The lowest BCUT2D eigenvalue weighted by molar-refractivity contribution is -0.116. The normalized spacial score (nSPS) is 11.7. The predicted octanol–water partition coefficient (Wildman–Crippen LogP) is 5.70. The van der Waals surface area contributed by atoms with Gasteiger partial charge in [0.1, 0.15) is 5.70 Å². The highest BCUT2D eigenvalue weighted by molar-refractivity contribution is 8.00. The van der Waals surface area contributed by atoms with Crippen molar-refractivity contribution in [3.8, 4) is 0 Å². The van der Waals surface area contributed by atoms with Gasteiger partial charge < -0.3 is 21.7 Å². The van der Waals surface area contributed by atoms with Gasteiger partial charge in [-0.1, -0.05) is 61.5 Å². The minimum atomic E-state index is -0.539. The van der Waals surface area contributed by atoms with Crippen molar-refractivity contribution in [2.45, 2.75) is 23.5 Å². The van der Waals surface area contributed by atoms with Crippen LogP contribution in [0.5, 0.6) is 0 Å². The number of benzene rings is 4. The Bertz CT molecular complexity index is 1590. The molecule has 4 rings (SSSR count). The van der Waals surface area contributed by atoms with Crippen LogP contribution in [-0.4, -0.2) is 28.9 Å². The van der Waals surface area contributed by atoms with Crippen LogP contribution < -0.4 is 21.7 Å². The number of amides is 4. The molecule has 0 aliphatic rings. The number of primary amides is 1. The molecule has 0 heterocycles. The van der Waals surface area contributed by atoms with E-state index in [2.05, 4.69) is 16.0 Å². The molecule has 0 aliphatic heterocycles. The van der Waals surface area contributed by atoms with E-state index >= 15 is 0 Å². The van der Waals surface area contributed by atoms with E-state index < -0.39 is 23.0 Å². The summed E-state index contributed by atoms with van der Waals surface area (Å²) in [6.45, 7) is 1.91. The van der Waals surface area contributed by atoms with E-state index in [1.807, 2.05) is 49.4 Å². The Labute approximate surface area is 248 Å². The van der Waals surface area contributed by atoms with E-state index in [0.29, 0.717) is 28.9 Å². The molecule has 0 radical (unpaired) electrons. The lowest BCUT2D eigenvalue weighted by Gasteiger charge is -2.16. The van der Waals surface area contributed by atoms with Crippen molar-refractivity contribution in [1.82, 2.24) is 5.32 Å². The molecule has 0 spiro atoms. The zero-order valence-electron chi connectivity index (χ0n) is 22.9. The number of anilines is 2. The Hall–Kier alpha value is -5.15. The van der Waals surface area contributed by atoms with Crippen LogP contribution in [0.25, 0.3) is 6.08 Å². The molecule has 4 amide bonds. The van der Waals surface area contributed by atoms with Crippen molar-refractivity contribution in [1.29, 1.82) is 0 Å². The lowest BCUT2D eigenvalue weighted by Crippen LogP contribution is -2.30. The summed E-state index contributed by atoms with van der Waals surface area (Å²) in [4.78, 5) is 51.3. The quantitative estimate of drug-likeness (QED) is 0.134. The van der Waals surface area contributed by atoms with Crippen LogP contribution in [0.3, 0.4) is 0 Å². The van der Waals surface area contributed by atoms with Gasteiger partial charge in [0.05, 0.1) is 5.25 Å². The first kappa shape index (κ1) is 29.8. The van der Waals surface area contributed by atoms with Gasteiger partial charge in [-0.2, -0.15) is 0 Å². The molecule has 0 aliphatic carbocycles. The van der Waals surface area contributed by atoms with Crippen molar-refractivity contribution >= 4 is 52.8 Å². The Balaban J connectivity index is 1.46. The monoisotopic (exact) mass is 578 g/mol. The Kier molecular flexibility index (Phi) is 10.3. The number of nitrogens with one attached hydrogen (secondary N) is 3. The maximum absolute atomic E-state index is 13.4. The molecular weight excluding hydrogens is 548 g/mol. The summed E-state index contributed by atoms with van der Waals surface area (Å²) < 4.78 is 0. The first-order valence-electron chi connectivity index (χ1n) is 13.2. The Morgan fingerprint density at radius 3 is 2.07 bits per heavy atom. The van der Waals surface area contributed by atoms with Crippen LogP contribution in [0.4, 0.5) is 11.4 Å². The van der Waals surface area contributed by atoms with Gasteiger partial charge in [0.15, 0.2) is 0 Å². The fraction of sp³-hybridized carbons (Fsp3) is 0.0909. The van der Waals surface area contributed by atoms with Gasteiger partial charge in [0.2, 0.25) is 11.8 Å². The average Bonchev–Trinajstić information content (AvgIpc) is 3.00. The molecule has 9 heteroatoms. The van der Waals surface area contributed by atoms with Gasteiger partial charge in [-0.25, -0.2) is 0 Å². The van der Waals surface area contributed by atoms with E-state index in [0.717, 1.165) is 10.5 Å². The summed E-state index contributed by atoms with van der Waals surface area (Å²) in [6, 6.07) is 31.4. The second kappa shape index (κ2) is 14.5. The number of nitrogens with two attached hydrogens (primary N) is 1. The number of carbonyl (C=O) groups excluding carboxylic acids is 4. The Morgan fingerprint density at radius 2 is 1.43 bits per heavy atom. The minimum absolute atomic E-state index is 0.0845. The molecule has 0 aromatic heterocycles. The van der Waals surface area contributed by atoms with Gasteiger partial charge >= 0.3 is 0 Å². The van der Waals surface area contributed by atoms with E-state index in [9.17, 15) is 19.2 Å². The SMILES string of the molecule is CCC(Sc1cccc(NC(=O)/C(=C/c2ccccc2)NC(=O)c2ccccc2)c1)C(=O)Nc1ccc(C(N)=O)cc1. The number of hydrogen-bond acceptors (Lipinski definition) is 5. The maximum atomic E-state index is 13.4. The van der Waals surface area contributed by atoms with Crippen LogP contribution in [-0.2, 0) is 9.59 Å². The summed E-state index contributed by atoms with van der Waals surface area (Å²) in [5.41, 5.74) is 7.97. The van der Waals surface area contributed by atoms with Crippen LogP contribution in [0.2, 0.25) is 0 Å². The number of carbonyl (C=O) groups is 4. The largest absolute Gasteiger partial charge is 0.366 e. The zero-order chi connectivity index (χ0) is 29.9. The molecule has 0 saturated heterocycles. The maximum Gasteiger partial charge on any atom is 0.272 e. The smallest absolute Gasteiger partial charge is 0.272 e. The highest BCUT2D eigenvalue weighted by Crippen LogP contribution is 2.29. The molecule has 1 unspecified atom stereocenters. The highest BCUT2D eigenvalue weighted by Gasteiger charge is 2.19. The van der Waals surface area contributed by atoms with Crippen molar-refractivity contribution in [3.05, 3.63) is 132 Å². The summed E-state index contributed by atoms with van der Waals surface area (Å²) in [6.07, 6.45) is 2.17. The van der Waals surface area contributed by atoms with Crippen molar-refractivity contribution in [2.75, 3.05) is 10.6 Å². The van der Waals surface area contributed by atoms with E-state index in [4.69, 9.17) is 5.73 Å². The van der Waals surface area contributed by atoms with Crippen molar-refractivity contribution < 1.29 is 19.2 Å². The summed E-state index contributed by atoms with van der Waals surface area (Å²) in [7, 11) is 0. The first-order chi connectivity index (χ1) is 20.3. The molecular formula is C33H30N4O4S. The van der Waals surface area contributed by atoms with Gasteiger partial charge in [0, 0.05) is 27.4 Å².